The molecule has 4 rings (SSSR count). The highest BCUT2D eigenvalue weighted by Crippen LogP contribution is 2.28. The molecule has 1 saturated heterocycles. The summed E-state index contributed by atoms with van der Waals surface area (Å²) in [6.07, 6.45) is 1.44. The Morgan fingerprint density at radius 2 is 1.84 bits per heavy atom. The van der Waals surface area contributed by atoms with Crippen LogP contribution in [0.1, 0.15) is 36.9 Å². The van der Waals surface area contributed by atoms with Crippen molar-refractivity contribution in [2.45, 2.75) is 44.8 Å². The number of halogens is 3. The number of aryl methyl sites for hydroxylation is 1. The Labute approximate surface area is 184 Å². The Bertz CT molecular complexity index is 1120. The number of alkyl halides is 3. The molecule has 1 fully saturated rings. The molecule has 0 spiro atoms. The largest absolute Gasteiger partial charge is 0.348 e. The molecule has 1 aliphatic heterocycles. The fourth-order valence-corrected chi connectivity index (χ4v) is 3.93. The summed E-state index contributed by atoms with van der Waals surface area (Å²) >= 11 is 0. The minimum absolute atomic E-state index is 0.0572. The molecule has 2 aromatic heterocycles. The number of hydrogen-bond acceptors (Lipinski definition) is 5. The second-order valence-electron chi connectivity index (χ2n) is 8.22. The first-order valence-corrected chi connectivity index (χ1v) is 10.7. The predicted molar refractivity (Wildman–Crippen MR) is 118 cm³/mol. The van der Waals surface area contributed by atoms with Gasteiger partial charge >= 0.3 is 0 Å². The number of fused-ring (bicyclic) bond motifs is 1. The number of likely N-dealkylation sites (tertiary alicyclic amines) is 1. The van der Waals surface area contributed by atoms with E-state index in [1.54, 1.807) is 12.3 Å². The van der Waals surface area contributed by atoms with Gasteiger partial charge in [-0.05, 0) is 24.1 Å². The van der Waals surface area contributed by atoms with Crippen LogP contribution in [0.2, 0.25) is 0 Å². The Balaban J connectivity index is 1.43. The van der Waals surface area contributed by atoms with Gasteiger partial charge in [-0.3, -0.25) is 14.3 Å². The number of nitrogens with zero attached hydrogens (tertiary/aromatic N) is 4. The van der Waals surface area contributed by atoms with E-state index >= 15 is 0 Å². The zero-order valence-electron chi connectivity index (χ0n) is 17.9. The summed E-state index contributed by atoms with van der Waals surface area (Å²) in [5.74, 6) is -2.19. The lowest BCUT2D eigenvalue weighted by Crippen LogP contribution is -2.38. The van der Waals surface area contributed by atoms with Crippen LogP contribution in [0.5, 0.6) is 0 Å². The van der Waals surface area contributed by atoms with Crippen LogP contribution in [-0.2, 0) is 13.1 Å². The minimum atomic E-state index is -2.54. The second-order valence-corrected chi connectivity index (χ2v) is 8.22. The molecule has 1 atom stereocenters. The van der Waals surface area contributed by atoms with Crippen molar-refractivity contribution in [1.29, 1.82) is 0 Å². The Morgan fingerprint density at radius 3 is 2.53 bits per heavy atom. The van der Waals surface area contributed by atoms with E-state index in [-0.39, 0.29) is 31.0 Å². The summed E-state index contributed by atoms with van der Waals surface area (Å²) in [5.41, 5.74) is 2.17. The first-order valence-electron chi connectivity index (χ1n) is 10.7. The topological polar surface area (TPSA) is 63.1 Å². The van der Waals surface area contributed by atoms with Crippen molar-refractivity contribution < 1.29 is 13.2 Å². The molecule has 0 saturated carbocycles. The van der Waals surface area contributed by atoms with Gasteiger partial charge in [0.25, 0.3) is 11.5 Å². The van der Waals surface area contributed by atoms with Crippen molar-refractivity contribution >= 4 is 17.0 Å². The second kappa shape index (κ2) is 9.28. The number of rotatable bonds is 7. The lowest BCUT2D eigenvalue weighted by molar-refractivity contribution is -0.0566. The van der Waals surface area contributed by atoms with Crippen LogP contribution in [0.25, 0.3) is 11.0 Å². The first-order chi connectivity index (χ1) is 15.3. The Morgan fingerprint density at radius 1 is 1.12 bits per heavy atom. The molecule has 0 aliphatic carbocycles. The van der Waals surface area contributed by atoms with Gasteiger partial charge in [0.05, 0.1) is 12.6 Å². The molecule has 32 heavy (non-hydrogen) atoms. The van der Waals surface area contributed by atoms with Gasteiger partial charge in [0.2, 0.25) is 5.95 Å². The third-order valence-corrected chi connectivity index (χ3v) is 5.85. The number of pyridine rings is 1. The first kappa shape index (κ1) is 22.3. The number of benzene rings is 1. The highest BCUT2D eigenvalue weighted by Gasteiger charge is 2.33. The average molecular weight is 445 g/mol. The minimum Gasteiger partial charge on any atom is -0.348 e. The molecule has 3 aromatic rings. The van der Waals surface area contributed by atoms with Gasteiger partial charge in [0, 0.05) is 50.1 Å². The molecule has 0 amide bonds. The summed E-state index contributed by atoms with van der Waals surface area (Å²) in [5, 5.41) is 3.89. The lowest BCUT2D eigenvalue weighted by Gasteiger charge is -2.31. The van der Waals surface area contributed by atoms with Gasteiger partial charge in [-0.25, -0.2) is 18.2 Å². The molecular weight excluding hydrogens is 419 g/mol. The maximum atomic E-state index is 13.3. The monoisotopic (exact) mass is 445 g/mol. The van der Waals surface area contributed by atoms with E-state index in [0.717, 1.165) is 11.1 Å². The van der Waals surface area contributed by atoms with E-state index in [1.807, 2.05) is 36.1 Å². The van der Waals surface area contributed by atoms with E-state index < -0.39 is 12.6 Å². The summed E-state index contributed by atoms with van der Waals surface area (Å²) in [6, 6.07) is 10.9. The van der Waals surface area contributed by atoms with Gasteiger partial charge in [0.15, 0.2) is 0 Å². The fourth-order valence-electron chi connectivity index (χ4n) is 3.93. The molecule has 1 N–H and O–H groups in total. The van der Waals surface area contributed by atoms with Gasteiger partial charge < -0.3 is 5.32 Å². The Hall–Kier alpha value is -2.94. The van der Waals surface area contributed by atoms with Crippen molar-refractivity contribution in [3.8, 4) is 0 Å². The maximum Gasteiger partial charge on any atom is 0.252 e. The number of aromatic nitrogens is 3. The molecule has 1 unspecified atom stereocenters. The average Bonchev–Trinajstić information content (AvgIpc) is 2.78. The van der Waals surface area contributed by atoms with Gasteiger partial charge in [0.1, 0.15) is 12.3 Å². The third kappa shape index (κ3) is 5.09. The number of piperidine rings is 1. The molecule has 3 heterocycles. The third-order valence-electron chi connectivity index (χ3n) is 5.85. The SMILES string of the molecule is CC(Nc1ncc2ccc(=O)n(CCF)c2n1)c1ccc(CN2CCC(F)(F)CC2)cc1. The normalized spacial score (nSPS) is 17.4. The summed E-state index contributed by atoms with van der Waals surface area (Å²) in [6.45, 7) is 2.71. The summed E-state index contributed by atoms with van der Waals surface area (Å²) in [4.78, 5) is 22.9. The van der Waals surface area contributed by atoms with E-state index in [9.17, 15) is 18.0 Å². The van der Waals surface area contributed by atoms with Crippen molar-refractivity contribution in [3.05, 3.63) is 64.1 Å². The Kier molecular flexibility index (Phi) is 6.45. The van der Waals surface area contributed by atoms with Crippen LogP contribution in [0.4, 0.5) is 19.1 Å². The fraction of sp³-hybridized carbons (Fsp3) is 0.435. The molecule has 1 aromatic carbocycles. The van der Waals surface area contributed by atoms with Crippen molar-refractivity contribution in [1.82, 2.24) is 19.4 Å². The molecule has 0 radical (unpaired) electrons. The predicted octanol–water partition coefficient (Wildman–Crippen LogP) is 4.17. The molecule has 170 valence electrons. The quantitative estimate of drug-likeness (QED) is 0.592. The van der Waals surface area contributed by atoms with Crippen molar-refractivity contribution in [2.24, 2.45) is 0 Å². The smallest absolute Gasteiger partial charge is 0.252 e. The number of hydrogen-bond donors (Lipinski definition) is 1. The van der Waals surface area contributed by atoms with Gasteiger partial charge in [-0.2, -0.15) is 4.98 Å². The van der Waals surface area contributed by atoms with Crippen molar-refractivity contribution in [3.63, 3.8) is 0 Å². The van der Waals surface area contributed by atoms with Crippen LogP contribution in [0.3, 0.4) is 0 Å². The van der Waals surface area contributed by atoms with Crippen LogP contribution in [-0.4, -0.2) is 45.1 Å². The van der Waals surface area contributed by atoms with Gasteiger partial charge in [-0.15, -0.1) is 0 Å². The zero-order chi connectivity index (χ0) is 22.7. The van der Waals surface area contributed by atoms with E-state index in [4.69, 9.17) is 0 Å². The summed E-state index contributed by atoms with van der Waals surface area (Å²) in [7, 11) is 0. The number of anilines is 1. The summed E-state index contributed by atoms with van der Waals surface area (Å²) < 4.78 is 40.8. The standard InChI is InChI=1S/C23H26F3N5O/c1-16(18-4-2-17(3-5-18)15-30-11-8-23(25,26)9-12-30)28-22-27-14-19-6-7-20(32)31(13-10-24)21(19)29-22/h2-7,14,16H,8-13,15H2,1H3,(H,27,28,29). The molecule has 6 nitrogen and oxygen atoms in total. The molecular formula is C23H26F3N5O. The lowest BCUT2D eigenvalue weighted by atomic mass is 10.0. The van der Waals surface area contributed by atoms with E-state index in [0.29, 0.717) is 36.6 Å². The van der Waals surface area contributed by atoms with Crippen LogP contribution < -0.4 is 10.9 Å². The maximum absolute atomic E-state index is 13.3. The highest BCUT2D eigenvalue weighted by atomic mass is 19.3. The molecule has 9 heteroatoms. The highest BCUT2D eigenvalue weighted by molar-refractivity contribution is 5.75. The van der Waals surface area contributed by atoms with E-state index in [2.05, 4.69) is 15.3 Å². The zero-order valence-corrected chi connectivity index (χ0v) is 17.9. The molecule has 0 bridgehead atoms. The van der Waals surface area contributed by atoms with Crippen LogP contribution in [0, 0.1) is 0 Å². The van der Waals surface area contributed by atoms with Crippen LogP contribution in [0.15, 0.2) is 47.4 Å². The van der Waals surface area contributed by atoms with Gasteiger partial charge in [-0.1, -0.05) is 24.3 Å². The van der Waals surface area contributed by atoms with Crippen molar-refractivity contribution in [2.75, 3.05) is 25.1 Å². The van der Waals surface area contributed by atoms with Crippen LogP contribution >= 0.6 is 0 Å². The molecule has 1 aliphatic rings. The van der Waals surface area contributed by atoms with E-state index in [1.165, 1.54) is 10.6 Å². The number of nitrogens with one attached hydrogen (secondary N) is 1.